The first-order valence-corrected chi connectivity index (χ1v) is 8.20. The van der Waals surface area contributed by atoms with Gasteiger partial charge in [-0.15, -0.1) is 11.3 Å². The molecule has 8 heteroatoms. The van der Waals surface area contributed by atoms with Crippen molar-refractivity contribution in [2.75, 3.05) is 11.9 Å². The SMILES string of the molecule is O=C(O)CCNC(=O)c1csc(NC(=O)C2CCCCC2)n1. The summed E-state index contributed by atoms with van der Waals surface area (Å²) in [6, 6.07) is 0. The molecule has 0 unspecified atom stereocenters. The lowest BCUT2D eigenvalue weighted by atomic mass is 9.89. The van der Waals surface area contributed by atoms with Crippen LogP contribution in [0.4, 0.5) is 5.13 Å². The molecule has 0 aliphatic heterocycles. The fraction of sp³-hybridized carbons (Fsp3) is 0.571. The number of amides is 2. The average Bonchev–Trinajstić information content (AvgIpc) is 2.96. The van der Waals surface area contributed by atoms with Gasteiger partial charge in [-0.25, -0.2) is 4.98 Å². The number of anilines is 1. The van der Waals surface area contributed by atoms with E-state index in [-0.39, 0.29) is 30.5 Å². The van der Waals surface area contributed by atoms with Crippen LogP contribution >= 0.6 is 11.3 Å². The largest absolute Gasteiger partial charge is 0.481 e. The molecule has 0 aromatic carbocycles. The lowest BCUT2D eigenvalue weighted by Crippen LogP contribution is -2.27. The molecule has 1 aromatic rings. The van der Waals surface area contributed by atoms with Gasteiger partial charge in [0, 0.05) is 17.8 Å². The number of nitrogens with one attached hydrogen (secondary N) is 2. The van der Waals surface area contributed by atoms with Crippen molar-refractivity contribution in [2.24, 2.45) is 5.92 Å². The number of rotatable bonds is 6. The number of carbonyl (C=O) groups excluding carboxylic acids is 2. The second-order valence-electron chi connectivity index (χ2n) is 5.26. The molecule has 7 nitrogen and oxygen atoms in total. The van der Waals surface area contributed by atoms with Gasteiger partial charge >= 0.3 is 5.97 Å². The van der Waals surface area contributed by atoms with Crippen LogP contribution in [0.3, 0.4) is 0 Å². The number of hydrogen-bond donors (Lipinski definition) is 3. The molecule has 0 bridgehead atoms. The summed E-state index contributed by atoms with van der Waals surface area (Å²) in [6.07, 6.45) is 5.00. The zero-order valence-corrected chi connectivity index (χ0v) is 12.9. The van der Waals surface area contributed by atoms with E-state index in [0.717, 1.165) is 25.7 Å². The Morgan fingerprint density at radius 1 is 1.27 bits per heavy atom. The van der Waals surface area contributed by atoms with Crippen LogP contribution in [0.1, 0.15) is 49.0 Å². The zero-order chi connectivity index (χ0) is 15.9. The van der Waals surface area contributed by atoms with Crippen LogP contribution < -0.4 is 10.6 Å². The van der Waals surface area contributed by atoms with Crippen LogP contribution in [0, 0.1) is 5.92 Å². The minimum atomic E-state index is -0.973. The van der Waals surface area contributed by atoms with Crippen molar-refractivity contribution in [2.45, 2.75) is 38.5 Å². The number of nitrogens with zero attached hydrogens (tertiary/aromatic N) is 1. The van der Waals surface area contributed by atoms with Crippen molar-refractivity contribution < 1.29 is 19.5 Å². The van der Waals surface area contributed by atoms with Crippen LogP contribution in [-0.4, -0.2) is 34.4 Å². The van der Waals surface area contributed by atoms with Crippen LogP contribution in [0.25, 0.3) is 0 Å². The molecule has 1 saturated carbocycles. The van der Waals surface area contributed by atoms with Gasteiger partial charge in [-0.2, -0.15) is 0 Å². The fourth-order valence-electron chi connectivity index (χ4n) is 2.38. The molecule has 22 heavy (non-hydrogen) atoms. The van der Waals surface area contributed by atoms with Gasteiger partial charge in [-0.3, -0.25) is 14.4 Å². The van der Waals surface area contributed by atoms with E-state index < -0.39 is 11.9 Å². The van der Waals surface area contributed by atoms with Crippen molar-refractivity contribution in [3.05, 3.63) is 11.1 Å². The third kappa shape index (κ3) is 4.80. The van der Waals surface area contributed by atoms with E-state index in [1.165, 1.54) is 17.8 Å². The van der Waals surface area contributed by atoms with Gasteiger partial charge in [-0.1, -0.05) is 19.3 Å². The Morgan fingerprint density at radius 3 is 2.68 bits per heavy atom. The molecular formula is C14H19N3O4S. The molecule has 0 radical (unpaired) electrons. The lowest BCUT2D eigenvalue weighted by molar-refractivity contribution is -0.136. The number of aromatic nitrogens is 1. The van der Waals surface area contributed by atoms with Crippen molar-refractivity contribution in [3.63, 3.8) is 0 Å². The molecule has 1 aliphatic rings. The lowest BCUT2D eigenvalue weighted by Gasteiger charge is -2.19. The number of carbonyl (C=O) groups is 3. The number of carboxylic acids is 1. The standard InChI is InChI=1S/C14H19N3O4S/c18-11(19)6-7-15-13(21)10-8-22-14(16-10)17-12(20)9-4-2-1-3-5-9/h8-9H,1-7H2,(H,15,21)(H,18,19)(H,16,17,20). The smallest absolute Gasteiger partial charge is 0.305 e. The Hall–Kier alpha value is -1.96. The van der Waals surface area contributed by atoms with Gasteiger partial charge in [0.2, 0.25) is 5.91 Å². The predicted octanol–water partition coefficient (Wildman–Crippen LogP) is 1.87. The van der Waals surface area contributed by atoms with Crippen LogP contribution in [0.5, 0.6) is 0 Å². The van der Waals surface area contributed by atoms with E-state index in [4.69, 9.17) is 5.11 Å². The number of aliphatic carboxylic acids is 1. The molecule has 1 aliphatic carbocycles. The molecule has 2 amide bonds. The highest BCUT2D eigenvalue weighted by atomic mass is 32.1. The monoisotopic (exact) mass is 325 g/mol. The van der Waals surface area contributed by atoms with Gasteiger partial charge < -0.3 is 15.7 Å². The third-order valence-electron chi connectivity index (χ3n) is 3.57. The minimum Gasteiger partial charge on any atom is -0.481 e. The van der Waals surface area contributed by atoms with E-state index in [2.05, 4.69) is 15.6 Å². The molecule has 0 saturated heterocycles. The Morgan fingerprint density at radius 2 is 2.00 bits per heavy atom. The van der Waals surface area contributed by atoms with E-state index >= 15 is 0 Å². The average molecular weight is 325 g/mol. The highest BCUT2D eigenvalue weighted by Gasteiger charge is 2.22. The van der Waals surface area contributed by atoms with Gasteiger partial charge in [-0.05, 0) is 12.8 Å². The van der Waals surface area contributed by atoms with E-state index in [1.54, 1.807) is 5.38 Å². The molecule has 1 fully saturated rings. The molecular weight excluding hydrogens is 306 g/mol. The molecule has 0 atom stereocenters. The fourth-order valence-corrected chi connectivity index (χ4v) is 3.07. The van der Waals surface area contributed by atoms with Crippen molar-refractivity contribution in [1.29, 1.82) is 0 Å². The maximum atomic E-state index is 12.1. The third-order valence-corrected chi connectivity index (χ3v) is 4.33. The molecule has 0 spiro atoms. The Kier molecular flexibility index (Phi) is 5.88. The highest BCUT2D eigenvalue weighted by Crippen LogP contribution is 2.25. The predicted molar refractivity (Wildman–Crippen MR) is 81.9 cm³/mol. The maximum absolute atomic E-state index is 12.1. The van der Waals surface area contributed by atoms with Gasteiger partial charge in [0.05, 0.1) is 6.42 Å². The number of thiazole rings is 1. The molecule has 2 rings (SSSR count). The van der Waals surface area contributed by atoms with Gasteiger partial charge in [0.15, 0.2) is 5.13 Å². The Labute approximate surface area is 132 Å². The van der Waals surface area contributed by atoms with E-state index in [1.807, 2.05) is 0 Å². The van der Waals surface area contributed by atoms with Crippen LogP contribution in [-0.2, 0) is 9.59 Å². The van der Waals surface area contributed by atoms with E-state index in [0.29, 0.717) is 5.13 Å². The number of carboxylic acid groups (broad SMARTS) is 1. The Bertz CT molecular complexity index is 552. The van der Waals surface area contributed by atoms with Gasteiger partial charge in [0.1, 0.15) is 5.69 Å². The minimum absolute atomic E-state index is 0.0329. The summed E-state index contributed by atoms with van der Waals surface area (Å²) in [7, 11) is 0. The molecule has 3 N–H and O–H groups in total. The summed E-state index contributed by atoms with van der Waals surface area (Å²) in [5.74, 6) is -1.41. The normalized spacial score (nSPS) is 15.3. The first-order chi connectivity index (χ1) is 10.6. The zero-order valence-electron chi connectivity index (χ0n) is 12.1. The van der Waals surface area contributed by atoms with E-state index in [9.17, 15) is 14.4 Å². The van der Waals surface area contributed by atoms with Crippen molar-refractivity contribution in [3.8, 4) is 0 Å². The second kappa shape index (κ2) is 7.88. The topological polar surface area (TPSA) is 108 Å². The second-order valence-corrected chi connectivity index (χ2v) is 6.12. The van der Waals surface area contributed by atoms with Crippen LogP contribution in [0.2, 0.25) is 0 Å². The quantitative estimate of drug-likeness (QED) is 0.740. The Balaban J connectivity index is 1.83. The first kappa shape index (κ1) is 16.4. The number of hydrogen-bond acceptors (Lipinski definition) is 5. The maximum Gasteiger partial charge on any atom is 0.305 e. The summed E-state index contributed by atoms with van der Waals surface area (Å²) in [5.41, 5.74) is 0.189. The first-order valence-electron chi connectivity index (χ1n) is 7.32. The summed E-state index contributed by atoms with van der Waals surface area (Å²) >= 11 is 1.19. The summed E-state index contributed by atoms with van der Waals surface area (Å²) in [4.78, 5) is 38.3. The van der Waals surface area contributed by atoms with Crippen molar-refractivity contribution >= 4 is 34.3 Å². The molecule has 120 valence electrons. The summed E-state index contributed by atoms with van der Waals surface area (Å²) in [5, 5.41) is 15.7. The van der Waals surface area contributed by atoms with Gasteiger partial charge in [0.25, 0.3) is 5.91 Å². The van der Waals surface area contributed by atoms with Crippen LogP contribution in [0.15, 0.2) is 5.38 Å². The highest BCUT2D eigenvalue weighted by molar-refractivity contribution is 7.14. The summed E-state index contributed by atoms with van der Waals surface area (Å²) < 4.78 is 0. The molecule has 1 heterocycles. The van der Waals surface area contributed by atoms with Crippen molar-refractivity contribution in [1.82, 2.24) is 10.3 Å². The summed E-state index contributed by atoms with van der Waals surface area (Å²) in [6.45, 7) is 0.0511. The molecule has 1 aromatic heterocycles.